The molecule has 0 aromatic heterocycles. The minimum Gasteiger partial charge on any atom is -0.493 e. The monoisotopic (exact) mass is 275 g/mol. The molecular formula is C17H25NO2. The van der Waals surface area contributed by atoms with Gasteiger partial charge in [-0.1, -0.05) is 6.92 Å². The Kier molecular flexibility index (Phi) is 3.88. The predicted molar refractivity (Wildman–Crippen MR) is 80.5 cm³/mol. The second-order valence-corrected chi connectivity index (χ2v) is 6.27. The number of rotatable bonds is 3. The van der Waals surface area contributed by atoms with E-state index >= 15 is 0 Å². The lowest BCUT2D eigenvalue weighted by Gasteiger charge is -2.34. The Morgan fingerprint density at radius 3 is 2.35 bits per heavy atom. The molecule has 2 atom stereocenters. The van der Waals surface area contributed by atoms with Gasteiger partial charge in [-0.25, -0.2) is 0 Å². The summed E-state index contributed by atoms with van der Waals surface area (Å²) in [6.45, 7) is 4.62. The molecule has 2 aliphatic rings. The summed E-state index contributed by atoms with van der Waals surface area (Å²) in [7, 11) is 3.42. The summed E-state index contributed by atoms with van der Waals surface area (Å²) in [6, 6.07) is 5.10. The lowest BCUT2D eigenvalue weighted by Crippen LogP contribution is -2.37. The molecule has 0 radical (unpaired) electrons. The lowest BCUT2D eigenvalue weighted by molar-refractivity contribution is 0.177. The van der Waals surface area contributed by atoms with Crippen LogP contribution in [0.4, 0.5) is 0 Å². The zero-order chi connectivity index (χ0) is 14.1. The number of benzene rings is 1. The number of hydrogen-bond donors (Lipinski definition) is 0. The third kappa shape index (κ3) is 2.51. The summed E-state index contributed by atoms with van der Waals surface area (Å²) in [6.07, 6.45) is 5.24. The minimum absolute atomic E-state index is 0.784. The van der Waals surface area contributed by atoms with Crippen molar-refractivity contribution in [3.63, 3.8) is 0 Å². The summed E-state index contributed by atoms with van der Waals surface area (Å²) < 4.78 is 10.8. The molecule has 20 heavy (non-hydrogen) atoms. The SMILES string of the molecule is COc1cc2c(cc1OC)CN([C@@H]1CC[C@@H](C)C1)CC2. The molecule has 0 unspecified atom stereocenters. The van der Waals surface area contributed by atoms with Crippen molar-refractivity contribution in [3.05, 3.63) is 23.3 Å². The van der Waals surface area contributed by atoms with E-state index in [1.165, 1.54) is 36.9 Å². The third-order valence-electron chi connectivity index (χ3n) is 4.93. The fourth-order valence-electron chi connectivity index (χ4n) is 3.73. The van der Waals surface area contributed by atoms with Gasteiger partial charge < -0.3 is 9.47 Å². The van der Waals surface area contributed by atoms with Gasteiger partial charge in [-0.3, -0.25) is 4.90 Å². The highest BCUT2D eigenvalue weighted by Gasteiger charge is 2.29. The molecule has 1 aromatic rings. The van der Waals surface area contributed by atoms with E-state index in [-0.39, 0.29) is 0 Å². The molecule has 0 bridgehead atoms. The van der Waals surface area contributed by atoms with Crippen molar-refractivity contribution in [2.45, 2.75) is 45.2 Å². The van der Waals surface area contributed by atoms with Crippen LogP contribution >= 0.6 is 0 Å². The quantitative estimate of drug-likeness (QED) is 0.845. The van der Waals surface area contributed by atoms with Crippen LogP contribution in [0.2, 0.25) is 0 Å². The molecule has 3 nitrogen and oxygen atoms in total. The second-order valence-electron chi connectivity index (χ2n) is 6.27. The molecule has 110 valence electrons. The molecule has 3 heteroatoms. The van der Waals surface area contributed by atoms with E-state index < -0.39 is 0 Å². The van der Waals surface area contributed by atoms with Crippen molar-refractivity contribution < 1.29 is 9.47 Å². The normalized spacial score (nSPS) is 26.4. The van der Waals surface area contributed by atoms with E-state index in [1.807, 2.05) is 0 Å². The molecule has 3 rings (SSSR count). The largest absolute Gasteiger partial charge is 0.493 e. The molecule has 0 spiro atoms. The number of methoxy groups -OCH3 is 2. The van der Waals surface area contributed by atoms with Gasteiger partial charge in [0.05, 0.1) is 14.2 Å². The van der Waals surface area contributed by atoms with E-state index in [9.17, 15) is 0 Å². The molecule has 0 saturated heterocycles. The average Bonchev–Trinajstić information content (AvgIpc) is 2.91. The first-order chi connectivity index (χ1) is 9.71. The standard InChI is InChI=1S/C17H25NO2/c1-12-4-5-15(8-12)18-7-6-13-9-16(19-2)17(20-3)10-14(13)11-18/h9-10,12,15H,4-8,11H2,1-3H3/t12-,15-/m1/s1. The van der Waals surface area contributed by atoms with Crippen molar-refractivity contribution >= 4 is 0 Å². The molecule has 1 aromatic carbocycles. The van der Waals surface area contributed by atoms with E-state index in [2.05, 4.69) is 24.0 Å². The van der Waals surface area contributed by atoms with Crippen LogP contribution in [0.1, 0.15) is 37.3 Å². The van der Waals surface area contributed by atoms with Crippen LogP contribution < -0.4 is 9.47 Å². The van der Waals surface area contributed by atoms with Gasteiger partial charge >= 0.3 is 0 Å². The van der Waals surface area contributed by atoms with Crippen LogP contribution in [0.25, 0.3) is 0 Å². The summed E-state index contributed by atoms with van der Waals surface area (Å²) in [4.78, 5) is 2.66. The fraction of sp³-hybridized carbons (Fsp3) is 0.647. The van der Waals surface area contributed by atoms with Crippen molar-refractivity contribution in [1.82, 2.24) is 4.90 Å². The Balaban J connectivity index is 1.80. The molecular weight excluding hydrogens is 250 g/mol. The zero-order valence-electron chi connectivity index (χ0n) is 12.8. The van der Waals surface area contributed by atoms with Gasteiger partial charge in [0.25, 0.3) is 0 Å². The maximum absolute atomic E-state index is 5.44. The van der Waals surface area contributed by atoms with Gasteiger partial charge in [0.1, 0.15) is 0 Å². The number of fused-ring (bicyclic) bond motifs is 1. The zero-order valence-corrected chi connectivity index (χ0v) is 12.8. The molecule has 1 saturated carbocycles. The van der Waals surface area contributed by atoms with Crippen LogP contribution in [0.5, 0.6) is 11.5 Å². The minimum atomic E-state index is 0.784. The maximum atomic E-state index is 5.44. The number of ether oxygens (including phenoxy) is 2. The number of nitrogens with zero attached hydrogens (tertiary/aromatic N) is 1. The van der Waals surface area contributed by atoms with Crippen molar-refractivity contribution in [3.8, 4) is 11.5 Å². The summed E-state index contributed by atoms with van der Waals surface area (Å²) in [5.41, 5.74) is 2.83. The summed E-state index contributed by atoms with van der Waals surface area (Å²) in [5, 5.41) is 0. The smallest absolute Gasteiger partial charge is 0.161 e. The predicted octanol–water partition coefficient (Wildman–Crippen LogP) is 3.25. The molecule has 1 aliphatic heterocycles. The molecule has 0 N–H and O–H groups in total. The maximum Gasteiger partial charge on any atom is 0.161 e. The van der Waals surface area contributed by atoms with E-state index in [4.69, 9.17) is 9.47 Å². The van der Waals surface area contributed by atoms with Gasteiger partial charge in [0.2, 0.25) is 0 Å². The van der Waals surface area contributed by atoms with Crippen LogP contribution in [-0.4, -0.2) is 31.7 Å². The first kappa shape index (κ1) is 13.7. The van der Waals surface area contributed by atoms with Crippen LogP contribution in [0, 0.1) is 5.92 Å². The van der Waals surface area contributed by atoms with E-state index in [0.717, 1.165) is 36.4 Å². The van der Waals surface area contributed by atoms with Crippen LogP contribution in [0.3, 0.4) is 0 Å². The molecule has 1 heterocycles. The van der Waals surface area contributed by atoms with Crippen molar-refractivity contribution in [1.29, 1.82) is 0 Å². The van der Waals surface area contributed by atoms with Crippen molar-refractivity contribution in [2.75, 3.05) is 20.8 Å². The molecule has 0 amide bonds. The van der Waals surface area contributed by atoms with Crippen LogP contribution in [0.15, 0.2) is 12.1 Å². The first-order valence-electron chi connectivity index (χ1n) is 7.69. The fourth-order valence-corrected chi connectivity index (χ4v) is 3.73. The summed E-state index contributed by atoms with van der Waals surface area (Å²) in [5.74, 6) is 2.61. The van der Waals surface area contributed by atoms with Gasteiger partial charge in [-0.2, -0.15) is 0 Å². The van der Waals surface area contributed by atoms with Gasteiger partial charge in [-0.15, -0.1) is 0 Å². The summed E-state index contributed by atoms with van der Waals surface area (Å²) >= 11 is 0. The number of hydrogen-bond acceptors (Lipinski definition) is 3. The van der Waals surface area contributed by atoms with Crippen molar-refractivity contribution in [2.24, 2.45) is 5.92 Å². The van der Waals surface area contributed by atoms with E-state index in [0.29, 0.717) is 0 Å². The Hall–Kier alpha value is -1.22. The molecule has 1 aliphatic carbocycles. The average molecular weight is 275 g/mol. The van der Waals surface area contributed by atoms with Gasteiger partial charge in [0, 0.05) is 19.1 Å². The van der Waals surface area contributed by atoms with Crippen LogP contribution in [-0.2, 0) is 13.0 Å². The van der Waals surface area contributed by atoms with Gasteiger partial charge in [0.15, 0.2) is 11.5 Å². The van der Waals surface area contributed by atoms with E-state index in [1.54, 1.807) is 14.2 Å². The van der Waals surface area contributed by atoms with Gasteiger partial charge in [-0.05, 0) is 54.9 Å². The highest BCUT2D eigenvalue weighted by molar-refractivity contribution is 5.48. The Labute approximate surface area is 121 Å². The molecule has 1 fully saturated rings. The highest BCUT2D eigenvalue weighted by Crippen LogP contribution is 2.36. The first-order valence-corrected chi connectivity index (χ1v) is 7.69. The lowest BCUT2D eigenvalue weighted by atomic mass is 9.97. The third-order valence-corrected chi connectivity index (χ3v) is 4.93. The highest BCUT2D eigenvalue weighted by atomic mass is 16.5. The topological polar surface area (TPSA) is 21.7 Å². The Bertz CT molecular complexity index is 486. The second kappa shape index (κ2) is 5.65. The Morgan fingerprint density at radius 1 is 1.05 bits per heavy atom. The Morgan fingerprint density at radius 2 is 1.75 bits per heavy atom.